The van der Waals surface area contributed by atoms with Crippen molar-refractivity contribution < 1.29 is 4.79 Å². The van der Waals surface area contributed by atoms with Gasteiger partial charge in [-0.05, 0) is 6.92 Å². The van der Waals surface area contributed by atoms with Crippen LogP contribution < -0.4 is 0 Å². The van der Waals surface area contributed by atoms with Crippen molar-refractivity contribution >= 4 is 5.78 Å². The van der Waals surface area contributed by atoms with Gasteiger partial charge in [-0.1, -0.05) is 0 Å². The molecule has 58 valence electrons. The highest BCUT2D eigenvalue weighted by atomic mass is 16.1. The number of hydrogen-bond donors (Lipinski definition) is 0. The average Bonchev–Trinajstić information content (AvgIpc) is 2.33. The monoisotopic (exact) mass is 150 g/mol. The van der Waals surface area contributed by atoms with Crippen LogP contribution in [0.3, 0.4) is 0 Å². The normalized spacial score (nSPS) is 16.6. The van der Waals surface area contributed by atoms with Gasteiger partial charge in [-0.2, -0.15) is 0 Å². The highest BCUT2D eigenvalue weighted by Crippen LogP contribution is 2.12. The summed E-state index contributed by atoms with van der Waals surface area (Å²) in [5, 5.41) is 0. The van der Waals surface area contributed by atoms with Gasteiger partial charge < -0.3 is 4.57 Å². The fourth-order valence-electron chi connectivity index (χ4n) is 1.43. The van der Waals surface area contributed by atoms with Crippen molar-refractivity contribution in [1.29, 1.82) is 0 Å². The molecule has 1 aromatic rings. The molecule has 0 radical (unpaired) electrons. The SMILES string of the molecule is Cc1cnc2n1CC(=O)CC2. The van der Waals surface area contributed by atoms with E-state index in [1.165, 1.54) is 0 Å². The lowest BCUT2D eigenvalue weighted by Crippen LogP contribution is -2.20. The Morgan fingerprint density at radius 1 is 1.55 bits per heavy atom. The topological polar surface area (TPSA) is 34.9 Å². The molecule has 0 unspecified atom stereocenters. The van der Waals surface area contributed by atoms with Crippen LogP contribution in [0.2, 0.25) is 0 Å². The minimum atomic E-state index is 0.318. The van der Waals surface area contributed by atoms with E-state index in [1.807, 2.05) is 17.7 Å². The molecule has 0 spiro atoms. The zero-order valence-corrected chi connectivity index (χ0v) is 6.50. The summed E-state index contributed by atoms with van der Waals surface area (Å²) in [5.74, 6) is 1.38. The number of aromatic nitrogens is 2. The quantitative estimate of drug-likeness (QED) is 0.545. The molecule has 2 heterocycles. The number of fused-ring (bicyclic) bond motifs is 1. The number of carbonyl (C=O) groups excluding carboxylic acids is 1. The van der Waals surface area contributed by atoms with Crippen LogP contribution >= 0.6 is 0 Å². The number of ketones is 1. The lowest BCUT2D eigenvalue weighted by Gasteiger charge is -2.13. The van der Waals surface area contributed by atoms with Gasteiger partial charge in [0, 0.05) is 24.7 Å². The van der Waals surface area contributed by atoms with Gasteiger partial charge in [0.2, 0.25) is 0 Å². The average molecular weight is 150 g/mol. The Balaban J connectivity index is 2.45. The summed E-state index contributed by atoms with van der Waals surface area (Å²) in [6.07, 6.45) is 3.30. The van der Waals surface area contributed by atoms with Crippen molar-refractivity contribution in [3.8, 4) is 0 Å². The Bertz CT molecular complexity index is 301. The summed E-state index contributed by atoms with van der Waals surface area (Å²) in [4.78, 5) is 15.2. The predicted molar refractivity (Wildman–Crippen MR) is 40.3 cm³/mol. The number of carbonyl (C=O) groups is 1. The minimum Gasteiger partial charge on any atom is -0.325 e. The number of rotatable bonds is 0. The highest BCUT2D eigenvalue weighted by Gasteiger charge is 2.16. The van der Waals surface area contributed by atoms with E-state index in [1.54, 1.807) is 0 Å². The van der Waals surface area contributed by atoms with Crippen molar-refractivity contribution in [2.75, 3.05) is 0 Å². The molecule has 3 heteroatoms. The zero-order valence-electron chi connectivity index (χ0n) is 6.50. The van der Waals surface area contributed by atoms with E-state index in [0.29, 0.717) is 18.7 Å². The fraction of sp³-hybridized carbons (Fsp3) is 0.500. The molecule has 11 heavy (non-hydrogen) atoms. The van der Waals surface area contributed by atoms with Gasteiger partial charge in [0.15, 0.2) is 5.78 Å². The third-order valence-electron chi connectivity index (χ3n) is 2.10. The first-order valence-corrected chi connectivity index (χ1v) is 3.80. The van der Waals surface area contributed by atoms with Crippen LogP contribution in [0.25, 0.3) is 0 Å². The summed E-state index contributed by atoms with van der Waals surface area (Å²) < 4.78 is 1.99. The van der Waals surface area contributed by atoms with Crippen molar-refractivity contribution in [2.24, 2.45) is 0 Å². The van der Waals surface area contributed by atoms with E-state index in [4.69, 9.17) is 0 Å². The van der Waals surface area contributed by atoms with E-state index < -0.39 is 0 Å². The van der Waals surface area contributed by atoms with Crippen LogP contribution in [-0.2, 0) is 17.8 Å². The van der Waals surface area contributed by atoms with E-state index in [-0.39, 0.29) is 0 Å². The van der Waals surface area contributed by atoms with Gasteiger partial charge in [-0.25, -0.2) is 4.98 Å². The first-order valence-electron chi connectivity index (χ1n) is 3.80. The molecule has 0 aliphatic carbocycles. The second-order valence-corrected chi connectivity index (χ2v) is 2.94. The van der Waals surface area contributed by atoms with Gasteiger partial charge in [0.05, 0.1) is 6.54 Å². The van der Waals surface area contributed by atoms with Crippen molar-refractivity contribution in [3.05, 3.63) is 17.7 Å². The molecular weight excluding hydrogens is 140 g/mol. The van der Waals surface area contributed by atoms with Gasteiger partial charge in [-0.3, -0.25) is 4.79 Å². The Kier molecular flexibility index (Phi) is 1.31. The summed E-state index contributed by atoms with van der Waals surface area (Å²) in [5.41, 5.74) is 1.09. The smallest absolute Gasteiger partial charge is 0.153 e. The standard InChI is InChI=1S/C8H10N2O/c1-6-4-9-8-3-2-7(11)5-10(6)8/h4H,2-3,5H2,1H3. The first-order chi connectivity index (χ1) is 5.27. The number of hydrogen-bond acceptors (Lipinski definition) is 2. The molecule has 1 aliphatic rings. The van der Waals surface area contributed by atoms with Gasteiger partial charge in [0.1, 0.15) is 5.82 Å². The number of aryl methyl sites for hydroxylation is 2. The Morgan fingerprint density at radius 2 is 2.36 bits per heavy atom. The van der Waals surface area contributed by atoms with Gasteiger partial charge >= 0.3 is 0 Å². The highest BCUT2D eigenvalue weighted by molar-refractivity contribution is 5.79. The zero-order chi connectivity index (χ0) is 7.84. The van der Waals surface area contributed by atoms with Crippen LogP contribution in [0.5, 0.6) is 0 Å². The van der Waals surface area contributed by atoms with Gasteiger partial charge in [0.25, 0.3) is 0 Å². The number of Topliss-reactive ketones (excluding diaryl/α,β-unsaturated/α-hetero) is 1. The molecule has 1 aromatic heterocycles. The third kappa shape index (κ3) is 0.964. The minimum absolute atomic E-state index is 0.318. The van der Waals surface area contributed by atoms with Crippen molar-refractivity contribution in [2.45, 2.75) is 26.3 Å². The molecule has 0 fully saturated rings. The van der Waals surface area contributed by atoms with Crippen LogP contribution in [0.15, 0.2) is 6.20 Å². The molecule has 1 aliphatic heterocycles. The molecule has 0 atom stereocenters. The maximum Gasteiger partial charge on any atom is 0.153 e. The Morgan fingerprint density at radius 3 is 3.18 bits per heavy atom. The number of imidazole rings is 1. The summed E-state index contributed by atoms with van der Waals surface area (Å²) in [7, 11) is 0. The molecule has 2 rings (SSSR count). The summed E-state index contributed by atoms with van der Waals surface area (Å²) in [6.45, 7) is 2.51. The van der Waals surface area contributed by atoms with E-state index in [9.17, 15) is 4.79 Å². The molecule has 0 amide bonds. The second-order valence-electron chi connectivity index (χ2n) is 2.94. The van der Waals surface area contributed by atoms with Crippen LogP contribution in [0, 0.1) is 6.92 Å². The van der Waals surface area contributed by atoms with E-state index in [0.717, 1.165) is 17.9 Å². The molecule has 0 saturated heterocycles. The molecule has 0 N–H and O–H groups in total. The second kappa shape index (κ2) is 2.19. The number of nitrogens with zero attached hydrogens (tertiary/aromatic N) is 2. The van der Waals surface area contributed by atoms with E-state index >= 15 is 0 Å². The summed E-state index contributed by atoms with van der Waals surface area (Å²) in [6, 6.07) is 0. The maximum absolute atomic E-state index is 11.0. The predicted octanol–water partition coefficient (Wildman–Crippen LogP) is 0.707. The Hall–Kier alpha value is -1.12. The van der Waals surface area contributed by atoms with Crippen molar-refractivity contribution in [3.63, 3.8) is 0 Å². The lowest BCUT2D eigenvalue weighted by molar-refractivity contribution is -0.120. The molecule has 0 bridgehead atoms. The largest absolute Gasteiger partial charge is 0.325 e. The molecule has 3 nitrogen and oxygen atoms in total. The van der Waals surface area contributed by atoms with Crippen LogP contribution in [0.1, 0.15) is 17.9 Å². The van der Waals surface area contributed by atoms with Crippen molar-refractivity contribution in [1.82, 2.24) is 9.55 Å². The van der Waals surface area contributed by atoms with Gasteiger partial charge in [-0.15, -0.1) is 0 Å². The maximum atomic E-state index is 11.0. The fourth-order valence-corrected chi connectivity index (χ4v) is 1.43. The van der Waals surface area contributed by atoms with Crippen LogP contribution in [-0.4, -0.2) is 15.3 Å². The lowest BCUT2D eigenvalue weighted by atomic mass is 10.1. The molecular formula is C8H10N2O. The Labute approximate surface area is 65.1 Å². The first kappa shape index (κ1) is 6.58. The van der Waals surface area contributed by atoms with Crippen LogP contribution in [0.4, 0.5) is 0 Å². The molecule has 0 saturated carbocycles. The third-order valence-corrected chi connectivity index (χ3v) is 2.10. The summed E-state index contributed by atoms with van der Waals surface area (Å²) >= 11 is 0. The molecule has 0 aromatic carbocycles. The van der Waals surface area contributed by atoms with E-state index in [2.05, 4.69) is 4.98 Å².